The van der Waals surface area contributed by atoms with Gasteiger partial charge >= 0.3 is 0 Å². The van der Waals surface area contributed by atoms with Gasteiger partial charge < -0.3 is 5.32 Å². The van der Waals surface area contributed by atoms with E-state index in [-0.39, 0.29) is 5.91 Å². The zero-order chi connectivity index (χ0) is 14.7. The number of halogens is 1. The van der Waals surface area contributed by atoms with Crippen molar-refractivity contribution in [3.63, 3.8) is 0 Å². The van der Waals surface area contributed by atoms with Crippen molar-refractivity contribution < 1.29 is 4.79 Å². The zero-order valence-corrected chi connectivity index (χ0v) is 12.5. The highest BCUT2D eigenvalue weighted by Gasteiger charge is 2.11. The van der Waals surface area contributed by atoms with E-state index in [4.69, 9.17) is 0 Å². The van der Waals surface area contributed by atoms with E-state index in [2.05, 4.69) is 36.4 Å². The molecule has 0 aliphatic rings. The van der Waals surface area contributed by atoms with Crippen LogP contribution in [0.1, 0.15) is 10.5 Å². The molecule has 2 N–H and O–H groups in total. The number of benzene rings is 1. The van der Waals surface area contributed by atoms with E-state index >= 15 is 0 Å². The first-order valence-corrected chi connectivity index (χ1v) is 7.04. The minimum atomic E-state index is -0.251. The number of anilines is 1. The van der Waals surface area contributed by atoms with Crippen LogP contribution in [-0.4, -0.2) is 21.1 Å². The predicted octanol–water partition coefficient (Wildman–Crippen LogP) is 3.49. The van der Waals surface area contributed by atoms with Gasteiger partial charge in [-0.2, -0.15) is 5.10 Å². The fraction of sp³-hybridized carbons (Fsp3) is 0. The van der Waals surface area contributed by atoms with Gasteiger partial charge in [0.25, 0.3) is 5.91 Å². The predicted molar refractivity (Wildman–Crippen MR) is 83.9 cm³/mol. The van der Waals surface area contributed by atoms with Gasteiger partial charge in [0.1, 0.15) is 5.69 Å². The summed E-state index contributed by atoms with van der Waals surface area (Å²) in [6.07, 6.45) is 3.24. The molecule has 0 bridgehead atoms. The molecule has 6 heteroatoms. The van der Waals surface area contributed by atoms with E-state index in [1.54, 1.807) is 30.6 Å². The summed E-state index contributed by atoms with van der Waals surface area (Å²) in [7, 11) is 0. The molecule has 2 heterocycles. The van der Waals surface area contributed by atoms with Crippen LogP contribution < -0.4 is 5.32 Å². The van der Waals surface area contributed by atoms with Gasteiger partial charge in [0, 0.05) is 16.2 Å². The van der Waals surface area contributed by atoms with Gasteiger partial charge in [-0.1, -0.05) is 28.1 Å². The molecule has 0 atom stereocenters. The van der Waals surface area contributed by atoms with E-state index in [1.165, 1.54) is 0 Å². The van der Waals surface area contributed by atoms with Gasteiger partial charge in [-0.3, -0.25) is 14.9 Å². The summed E-state index contributed by atoms with van der Waals surface area (Å²) in [5.41, 5.74) is 2.70. The van der Waals surface area contributed by atoms with Gasteiger partial charge in [0.05, 0.1) is 17.6 Å². The number of H-pyrrole nitrogens is 1. The van der Waals surface area contributed by atoms with Crippen LogP contribution in [0.25, 0.3) is 11.3 Å². The van der Waals surface area contributed by atoms with Crippen molar-refractivity contribution in [3.05, 3.63) is 65.0 Å². The summed E-state index contributed by atoms with van der Waals surface area (Å²) in [6, 6.07) is 13.0. The molecular formula is C15H11BrN4O. The van der Waals surface area contributed by atoms with Crippen LogP contribution in [0.3, 0.4) is 0 Å². The zero-order valence-electron chi connectivity index (χ0n) is 10.9. The first-order chi connectivity index (χ1) is 10.2. The van der Waals surface area contributed by atoms with Gasteiger partial charge in [0.15, 0.2) is 0 Å². The number of carbonyl (C=O) groups excluding carboxylic acids is 1. The Morgan fingerprint density at radius 3 is 2.71 bits per heavy atom. The van der Waals surface area contributed by atoms with Crippen LogP contribution in [0, 0.1) is 0 Å². The van der Waals surface area contributed by atoms with Crippen molar-refractivity contribution in [3.8, 4) is 11.3 Å². The smallest absolute Gasteiger partial charge is 0.273 e. The molecule has 5 nitrogen and oxygen atoms in total. The minimum absolute atomic E-state index is 0.251. The van der Waals surface area contributed by atoms with Gasteiger partial charge in [0.2, 0.25) is 0 Å². The Labute approximate surface area is 129 Å². The lowest BCUT2D eigenvalue weighted by Crippen LogP contribution is -2.12. The van der Waals surface area contributed by atoms with Crippen LogP contribution in [0.4, 0.5) is 5.69 Å². The SMILES string of the molecule is O=C(Nc1cccnc1)c1cc(-c2ccc(Br)cc2)n[nH]1. The number of aromatic nitrogens is 3. The molecule has 3 rings (SSSR count). The van der Waals surface area contributed by atoms with E-state index in [9.17, 15) is 4.79 Å². The average molecular weight is 343 g/mol. The fourth-order valence-electron chi connectivity index (χ4n) is 1.84. The van der Waals surface area contributed by atoms with Crippen molar-refractivity contribution in [2.24, 2.45) is 0 Å². The quantitative estimate of drug-likeness (QED) is 0.765. The van der Waals surface area contributed by atoms with E-state index < -0.39 is 0 Å². The van der Waals surface area contributed by atoms with Crippen LogP contribution in [0.5, 0.6) is 0 Å². The molecule has 104 valence electrons. The Hall–Kier alpha value is -2.47. The van der Waals surface area contributed by atoms with Crippen LogP contribution in [0.2, 0.25) is 0 Å². The monoisotopic (exact) mass is 342 g/mol. The molecule has 0 radical (unpaired) electrons. The molecule has 0 saturated carbocycles. The third-order valence-corrected chi connectivity index (χ3v) is 3.41. The number of nitrogens with one attached hydrogen (secondary N) is 2. The molecule has 0 saturated heterocycles. The topological polar surface area (TPSA) is 70.7 Å². The second-order valence-corrected chi connectivity index (χ2v) is 5.29. The summed E-state index contributed by atoms with van der Waals surface area (Å²) < 4.78 is 0.997. The number of pyridine rings is 1. The van der Waals surface area contributed by atoms with E-state index in [1.807, 2.05) is 24.3 Å². The molecule has 3 aromatic rings. The molecule has 1 amide bonds. The maximum Gasteiger partial charge on any atom is 0.273 e. The number of rotatable bonds is 3. The lowest BCUT2D eigenvalue weighted by atomic mass is 10.1. The highest BCUT2D eigenvalue weighted by molar-refractivity contribution is 9.10. The third kappa shape index (κ3) is 3.17. The van der Waals surface area contributed by atoms with Crippen LogP contribution in [-0.2, 0) is 0 Å². The number of nitrogens with zero attached hydrogens (tertiary/aromatic N) is 2. The maximum atomic E-state index is 12.1. The Morgan fingerprint density at radius 2 is 2.00 bits per heavy atom. The third-order valence-electron chi connectivity index (χ3n) is 2.88. The van der Waals surface area contributed by atoms with Crippen molar-refractivity contribution in [1.29, 1.82) is 0 Å². The normalized spacial score (nSPS) is 10.3. The second-order valence-electron chi connectivity index (χ2n) is 4.37. The van der Waals surface area contributed by atoms with E-state index in [0.29, 0.717) is 11.4 Å². The van der Waals surface area contributed by atoms with Crippen molar-refractivity contribution in [2.75, 3.05) is 5.32 Å². The second kappa shape index (κ2) is 5.88. The highest BCUT2D eigenvalue weighted by atomic mass is 79.9. The lowest BCUT2D eigenvalue weighted by molar-refractivity contribution is 0.102. The first-order valence-electron chi connectivity index (χ1n) is 6.25. The number of hydrogen-bond donors (Lipinski definition) is 2. The summed E-state index contributed by atoms with van der Waals surface area (Å²) in [6.45, 7) is 0. The fourth-order valence-corrected chi connectivity index (χ4v) is 2.11. The van der Waals surface area contributed by atoms with Gasteiger partial charge in [-0.15, -0.1) is 0 Å². The standard InChI is InChI=1S/C15H11BrN4O/c16-11-5-3-10(4-6-11)13-8-14(20-19-13)15(21)18-12-2-1-7-17-9-12/h1-9H,(H,18,21)(H,19,20). The summed E-state index contributed by atoms with van der Waals surface area (Å²) in [5.74, 6) is -0.251. The number of carbonyl (C=O) groups is 1. The Morgan fingerprint density at radius 1 is 1.19 bits per heavy atom. The number of aromatic amines is 1. The molecule has 0 aliphatic carbocycles. The molecule has 0 spiro atoms. The summed E-state index contributed by atoms with van der Waals surface area (Å²) in [5, 5.41) is 9.66. The molecule has 0 fully saturated rings. The Balaban J connectivity index is 1.78. The minimum Gasteiger partial charge on any atom is -0.319 e. The first kappa shape index (κ1) is 13.5. The Kier molecular flexibility index (Phi) is 3.79. The number of amides is 1. The molecule has 0 aliphatic heterocycles. The summed E-state index contributed by atoms with van der Waals surface area (Å²) >= 11 is 3.39. The largest absolute Gasteiger partial charge is 0.319 e. The Bertz CT molecular complexity index is 753. The van der Waals surface area contributed by atoms with Gasteiger partial charge in [-0.25, -0.2) is 0 Å². The molecule has 0 unspecified atom stereocenters. The van der Waals surface area contributed by atoms with Gasteiger partial charge in [-0.05, 0) is 30.3 Å². The van der Waals surface area contributed by atoms with Crippen LogP contribution in [0.15, 0.2) is 59.3 Å². The van der Waals surface area contributed by atoms with Crippen molar-refractivity contribution >= 4 is 27.5 Å². The lowest BCUT2D eigenvalue weighted by Gasteiger charge is -2.01. The summed E-state index contributed by atoms with van der Waals surface area (Å²) in [4.78, 5) is 16.0. The van der Waals surface area contributed by atoms with E-state index in [0.717, 1.165) is 15.7 Å². The average Bonchev–Trinajstić information content (AvgIpc) is 2.99. The van der Waals surface area contributed by atoms with Crippen molar-refractivity contribution in [2.45, 2.75) is 0 Å². The van der Waals surface area contributed by atoms with Crippen molar-refractivity contribution in [1.82, 2.24) is 15.2 Å². The number of hydrogen-bond acceptors (Lipinski definition) is 3. The molecule has 1 aromatic carbocycles. The van der Waals surface area contributed by atoms with Crippen LogP contribution >= 0.6 is 15.9 Å². The molecule has 21 heavy (non-hydrogen) atoms. The highest BCUT2D eigenvalue weighted by Crippen LogP contribution is 2.20. The molecular weight excluding hydrogens is 332 g/mol. The maximum absolute atomic E-state index is 12.1. The molecule has 2 aromatic heterocycles.